The van der Waals surface area contributed by atoms with Crippen LogP contribution in [0.25, 0.3) is 11.0 Å². The molecule has 0 unspecified atom stereocenters. The first-order valence-corrected chi connectivity index (χ1v) is 14.0. The zero-order chi connectivity index (χ0) is 23.5. The molecule has 1 aliphatic heterocycles. The van der Waals surface area contributed by atoms with Crippen molar-refractivity contribution in [3.63, 3.8) is 0 Å². The molecule has 1 aliphatic rings. The third-order valence-electron chi connectivity index (χ3n) is 4.96. The van der Waals surface area contributed by atoms with Crippen molar-refractivity contribution in [1.29, 1.82) is 0 Å². The number of ether oxygens (including phenoxy) is 2. The fourth-order valence-electron chi connectivity index (χ4n) is 3.43. The Balaban J connectivity index is 1.68. The molecule has 1 aromatic carbocycles. The number of hydrogen-bond donors (Lipinski definition) is 0. The zero-order valence-electron chi connectivity index (χ0n) is 19.5. The predicted octanol–water partition coefficient (Wildman–Crippen LogP) is 3.62. The van der Waals surface area contributed by atoms with Gasteiger partial charge in [0.25, 0.3) is 0 Å². The van der Waals surface area contributed by atoms with Gasteiger partial charge in [-0.2, -0.15) is 0 Å². The van der Waals surface area contributed by atoms with Crippen molar-refractivity contribution in [1.82, 2.24) is 0 Å². The summed E-state index contributed by atoms with van der Waals surface area (Å²) in [4.78, 5) is 24.9. The molecule has 0 bridgehead atoms. The van der Waals surface area contributed by atoms with E-state index in [1.165, 1.54) is 0 Å². The summed E-state index contributed by atoms with van der Waals surface area (Å²) in [5, 5.41) is 2.05. The molecule has 1 aromatic heterocycles. The van der Waals surface area contributed by atoms with Gasteiger partial charge in [-0.3, -0.25) is 0 Å². The summed E-state index contributed by atoms with van der Waals surface area (Å²) in [5.74, 6) is -1.26. The van der Waals surface area contributed by atoms with E-state index in [1.807, 2.05) is 30.3 Å². The van der Waals surface area contributed by atoms with E-state index in [2.05, 4.69) is 24.9 Å². The fraction of sp³-hybridized carbons (Fsp3) is 0.478. The highest BCUT2D eigenvalue weighted by Crippen LogP contribution is 2.24. The average Bonchev–Trinajstić information content (AvgIpc) is 3.31. The van der Waals surface area contributed by atoms with Crippen LogP contribution in [0.4, 0.5) is 0 Å². The number of carbonyl (C=O) groups is 2. The summed E-state index contributed by atoms with van der Waals surface area (Å²) < 4.78 is 28.0. The van der Waals surface area contributed by atoms with Crippen LogP contribution < -0.4 is 5.38 Å². The van der Waals surface area contributed by atoms with Gasteiger partial charge < -0.3 is 23.2 Å². The highest BCUT2D eigenvalue weighted by atomic mass is 28.3. The summed E-state index contributed by atoms with van der Waals surface area (Å²) in [6.07, 6.45) is -0.617. The SMILES string of the molecule is CC(C)OC(=O)[C@@H]1OB(C/C=C/[Si](C)(C)c2cc3ccccc3o2)O[C@H]1C(=O)OC(C)C. The number of fused-ring (bicyclic) bond motifs is 1. The third kappa shape index (κ3) is 5.90. The first kappa shape index (κ1) is 24.3. The number of furan rings is 1. The quantitative estimate of drug-likeness (QED) is 0.441. The molecular weight excluding hydrogens is 427 g/mol. The second kappa shape index (κ2) is 10.1. The van der Waals surface area contributed by atoms with Crippen LogP contribution in [0.15, 0.2) is 46.5 Å². The average molecular weight is 458 g/mol. The minimum Gasteiger partial charge on any atom is -0.466 e. The van der Waals surface area contributed by atoms with Crippen LogP contribution in [-0.2, 0) is 28.4 Å². The molecule has 172 valence electrons. The van der Waals surface area contributed by atoms with Crippen LogP contribution in [0.5, 0.6) is 0 Å². The van der Waals surface area contributed by atoms with E-state index >= 15 is 0 Å². The minimum absolute atomic E-state index is 0.331. The van der Waals surface area contributed by atoms with Crippen LogP contribution >= 0.6 is 0 Å². The van der Waals surface area contributed by atoms with Crippen molar-refractivity contribution in [3.05, 3.63) is 42.1 Å². The van der Waals surface area contributed by atoms with E-state index in [4.69, 9.17) is 23.2 Å². The summed E-state index contributed by atoms with van der Waals surface area (Å²) in [7, 11) is -2.75. The number of para-hydroxylation sites is 1. The number of esters is 2. The first-order chi connectivity index (χ1) is 15.1. The Morgan fingerprint density at radius 3 is 2.12 bits per heavy atom. The van der Waals surface area contributed by atoms with Crippen molar-refractivity contribution in [3.8, 4) is 0 Å². The monoisotopic (exact) mass is 458 g/mol. The van der Waals surface area contributed by atoms with E-state index in [-0.39, 0.29) is 12.2 Å². The molecule has 3 rings (SSSR count). The number of rotatable bonds is 8. The van der Waals surface area contributed by atoms with Gasteiger partial charge in [-0.1, -0.05) is 43.1 Å². The topological polar surface area (TPSA) is 84.2 Å². The van der Waals surface area contributed by atoms with Crippen molar-refractivity contribution in [2.45, 2.75) is 71.5 Å². The Morgan fingerprint density at radius 2 is 1.59 bits per heavy atom. The van der Waals surface area contributed by atoms with E-state index in [9.17, 15) is 9.59 Å². The molecule has 2 heterocycles. The lowest BCUT2D eigenvalue weighted by molar-refractivity contribution is -0.167. The van der Waals surface area contributed by atoms with Crippen LogP contribution in [-0.4, -0.2) is 51.5 Å². The molecule has 2 atom stereocenters. The highest BCUT2D eigenvalue weighted by molar-refractivity contribution is 6.93. The standard InChI is InChI=1S/C23H31BO7Si/c1-15(2)27-22(25)20-21(23(26)28-16(3)4)31-24(30-20)12-9-13-32(5,6)19-14-17-10-7-8-11-18(17)29-19/h7-11,13-16,20-21H,12H2,1-6H3/b13-9+/t20-,21-/m1/s1. The van der Waals surface area contributed by atoms with Gasteiger partial charge in [0.2, 0.25) is 0 Å². The van der Waals surface area contributed by atoms with Crippen molar-refractivity contribution >= 4 is 43.5 Å². The molecule has 0 aliphatic carbocycles. The molecule has 0 N–H and O–H groups in total. The van der Waals surface area contributed by atoms with E-state index < -0.39 is 39.3 Å². The molecule has 0 spiro atoms. The molecule has 0 amide bonds. The summed E-state index contributed by atoms with van der Waals surface area (Å²) >= 11 is 0. The fourth-order valence-corrected chi connectivity index (χ4v) is 5.22. The number of hydrogen-bond acceptors (Lipinski definition) is 7. The van der Waals surface area contributed by atoms with Crippen LogP contribution in [0.1, 0.15) is 27.7 Å². The minimum atomic E-state index is -2.00. The maximum absolute atomic E-state index is 12.4. The maximum atomic E-state index is 12.4. The Kier molecular flexibility index (Phi) is 7.64. The lowest BCUT2D eigenvalue weighted by Gasteiger charge is -2.18. The predicted molar refractivity (Wildman–Crippen MR) is 125 cm³/mol. The lowest BCUT2D eigenvalue weighted by atomic mass is 9.85. The van der Waals surface area contributed by atoms with Gasteiger partial charge in [0.1, 0.15) is 13.7 Å². The number of carbonyl (C=O) groups excluding carboxylic acids is 2. The smallest absolute Gasteiger partial charge is 0.462 e. The van der Waals surface area contributed by atoms with Gasteiger partial charge in [-0.15, -0.1) is 0 Å². The maximum Gasteiger partial charge on any atom is 0.462 e. The Hall–Kier alpha value is -2.36. The van der Waals surface area contributed by atoms with Gasteiger partial charge in [0.15, 0.2) is 12.2 Å². The second-order valence-corrected chi connectivity index (χ2v) is 13.3. The normalized spacial score (nSPS) is 19.4. The van der Waals surface area contributed by atoms with Gasteiger partial charge in [0.05, 0.1) is 17.6 Å². The Labute approximate surface area is 190 Å². The molecule has 9 heteroatoms. The molecule has 7 nitrogen and oxygen atoms in total. The number of benzene rings is 1. The largest absolute Gasteiger partial charge is 0.466 e. The first-order valence-electron chi connectivity index (χ1n) is 11.0. The lowest BCUT2D eigenvalue weighted by Crippen LogP contribution is -2.40. The summed E-state index contributed by atoms with van der Waals surface area (Å²) in [5.41, 5.74) is 3.01. The van der Waals surface area contributed by atoms with Gasteiger partial charge in [-0.25, -0.2) is 9.59 Å². The summed E-state index contributed by atoms with van der Waals surface area (Å²) in [6.45, 7) is 11.3. The molecule has 32 heavy (non-hydrogen) atoms. The van der Waals surface area contributed by atoms with Crippen LogP contribution in [0.3, 0.4) is 0 Å². The van der Waals surface area contributed by atoms with Crippen LogP contribution in [0.2, 0.25) is 19.4 Å². The highest BCUT2D eigenvalue weighted by Gasteiger charge is 2.49. The van der Waals surface area contributed by atoms with Crippen LogP contribution in [0, 0.1) is 0 Å². The molecule has 1 fully saturated rings. The van der Waals surface area contributed by atoms with E-state index in [0.29, 0.717) is 6.32 Å². The van der Waals surface area contributed by atoms with Crippen molar-refractivity contribution in [2.24, 2.45) is 0 Å². The second-order valence-electron chi connectivity index (χ2n) is 9.02. The van der Waals surface area contributed by atoms with E-state index in [0.717, 1.165) is 16.4 Å². The van der Waals surface area contributed by atoms with Gasteiger partial charge in [-0.05, 0) is 46.1 Å². The van der Waals surface area contributed by atoms with Crippen molar-refractivity contribution in [2.75, 3.05) is 0 Å². The Bertz CT molecular complexity index is 919. The molecule has 2 aromatic rings. The van der Waals surface area contributed by atoms with Gasteiger partial charge in [0, 0.05) is 5.39 Å². The molecule has 0 radical (unpaired) electrons. The third-order valence-corrected chi connectivity index (χ3v) is 7.55. The van der Waals surface area contributed by atoms with Crippen molar-refractivity contribution < 1.29 is 32.8 Å². The van der Waals surface area contributed by atoms with E-state index in [1.54, 1.807) is 27.7 Å². The number of allylic oxidation sites excluding steroid dienone is 1. The molecular formula is C23H31BO7Si. The van der Waals surface area contributed by atoms with Gasteiger partial charge >= 0.3 is 19.1 Å². The Morgan fingerprint density at radius 1 is 1.03 bits per heavy atom. The summed E-state index contributed by atoms with van der Waals surface area (Å²) in [6, 6.07) is 10.0. The zero-order valence-corrected chi connectivity index (χ0v) is 20.5. The molecule has 0 saturated carbocycles. The molecule has 1 saturated heterocycles.